The van der Waals surface area contributed by atoms with Gasteiger partial charge < -0.3 is 15.0 Å². The number of aromatic amines is 1. The molecule has 5 nitrogen and oxygen atoms in total. The van der Waals surface area contributed by atoms with E-state index in [-0.39, 0.29) is 11.8 Å². The molecule has 0 radical (unpaired) electrons. The monoisotopic (exact) mass is 287 g/mol. The number of amides is 1. The van der Waals surface area contributed by atoms with Crippen LogP contribution in [0.4, 0.5) is 0 Å². The SMILES string of the molecule is C[C@@H](COCc1ccccc1)C(=O)NCCc1cnc[nH]1. The topological polar surface area (TPSA) is 67.0 Å². The largest absolute Gasteiger partial charge is 0.376 e. The second-order valence-corrected chi connectivity index (χ2v) is 5.02. The summed E-state index contributed by atoms with van der Waals surface area (Å²) in [7, 11) is 0. The third-order valence-electron chi connectivity index (χ3n) is 3.18. The molecule has 1 aromatic heterocycles. The van der Waals surface area contributed by atoms with Gasteiger partial charge in [-0.25, -0.2) is 4.98 Å². The smallest absolute Gasteiger partial charge is 0.225 e. The number of hydrogen-bond acceptors (Lipinski definition) is 3. The van der Waals surface area contributed by atoms with Crippen LogP contribution in [-0.2, 0) is 22.6 Å². The molecule has 0 bridgehead atoms. The zero-order valence-corrected chi connectivity index (χ0v) is 12.2. The van der Waals surface area contributed by atoms with E-state index in [1.165, 1.54) is 0 Å². The van der Waals surface area contributed by atoms with E-state index < -0.39 is 0 Å². The lowest BCUT2D eigenvalue weighted by Crippen LogP contribution is -2.33. The average Bonchev–Trinajstić information content (AvgIpc) is 3.01. The third kappa shape index (κ3) is 5.39. The van der Waals surface area contributed by atoms with Crippen molar-refractivity contribution in [3.05, 3.63) is 54.1 Å². The number of carbonyl (C=O) groups is 1. The molecule has 1 amide bonds. The van der Waals surface area contributed by atoms with Crippen molar-refractivity contribution in [3.63, 3.8) is 0 Å². The van der Waals surface area contributed by atoms with Gasteiger partial charge >= 0.3 is 0 Å². The highest BCUT2D eigenvalue weighted by Crippen LogP contribution is 2.03. The Labute approximate surface area is 124 Å². The van der Waals surface area contributed by atoms with E-state index in [1.54, 1.807) is 12.5 Å². The summed E-state index contributed by atoms with van der Waals surface area (Å²) in [6.07, 6.45) is 4.15. The van der Waals surface area contributed by atoms with Gasteiger partial charge in [0.2, 0.25) is 5.91 Å². The van der Waals surface area contributed by atoms with E-state index in [2.05, 4.69) is 15.3 Å². The molecule has 2 N–H and O–H groups in total. The molecule has 2 aromatic rings. The molecule has 0 saturated heterocycles. The molecular formula is C16H21N3O2. The molecule has 5 heteroatoms. The maximum atomic E-state index is 11.9. The van der Waals surface area contributed by atoms with Gasteiger partial charge in [0, 0.05) is 24.9 Å². The first-order valence-corrected chi connectivity index (χ1v) is 7.12. The molecular weight excluding hydrogens is 266 g/mol. The molecule has 112 valence electrons. The molecule has 1 aromatic carbocycles. The van der Waals surface area contributed by atoms with E-state index in [1.807, 2.05) is 37.3 Å². The first kappa shape index (κ1) is 15.3. The Kier molecular flexibility index (Phi) is 5.97. The Morgan fingerprint density at radius 1 is 1.38 bits per heavy atom. The van der Waals surface area contributed by atoms with Crippen LogP contribution >= 0.6 is 0 Å². The van der Waals surface area contributed by atoms with Crippen LogP contribution in [0.5, 0.6) is 0 Å². The number of hydrogen-bond donors (Lipinski definition) is 2. The molecule has 21 heavy (non-hydrogen) atoms. The normalized spacial score (nSPS) is 12.0. The van der Waals surface area contributed by atoms with E-state index in [0.29, 0.717) is 19.8 Å². The van der Waals surface area contributed by atoms with Gasteiger partial charge in [0.15, 0.2) is 0 Å². The van der Waals surface area contributed by atoms with Crippen molar-refractivity contribution in [2.45, 2.75) is 20.0 Å². The van der Waals surface area contributed by atoms with Crippen LogP contribution in [-0.4, -0.2) is 29.0 Å². The molecule has 0 saturated carbocycles. The molecule has 0 aliphatic rings. The predicted octanol–water partition coefficient (Wildman–Crippen LogP) is 1.92. The minimum absolute atomic E-state index is 0.0163. The number of benzene rings is 1. The van der Waals surface area contributed by atoms with E-state index in [4.69, 9.17) is 4.74 Å². The van der Waals surface area contributed by atoms with Crippen LogP contribution in [0.1, 0.15) is 18.2 Å². The van der Waals surface area contributed by atoms with E-state index >= 15 is 0 Å². The highest BCUT2D eigenvalue weighted by molar-refractivity contribution is 5.78. The van der Waals surface area contributed by atoms with Crippen molar-refractivity contribution in [3.8, 4) is 0 Å². The summed E-state index contributed by atoms with van der Waals surface area (Å²) in [5.74, 6) is -0.141. The number of aromatic nitrogens is 2. The van der Waals surface area contributed by atoms with Crippen LogP contribution in [0.25, 0.3) is 0 Å². The summed E-state index contributed by atoms with van der Waals surface area (Å²) in [6, 6.07) is 9.94. The average molecular weight is 287 g/mol. The predicted molar refractivity (Wildman–Crippen MR) is 80.6 cm³/mol. The Balaban J connectivity index is 1.61. The van der Waals surface area contributed by atoms with E-state index in [0.717, 1.165) is 17.7 Å². The zero-order chi connectivity index (χ0) is 14.9. The van der Waals surface area contributed by atoms with Crippen LogP contribution in [0.15, 0.2) is 42.9 Å². The van der Waals surface area contributed by atoms with Crippen molar-refractivity contribution in [2.75, 3.05) is 13.2 Å². The summed E-state index contributed by atoms with van der Waals surface area (Å²) < 4.78 is 5.58. The summed E-state index contributed by atoms with van der Waals surface area (Å²) >= 11 is 0. The maximum absolute atomic E-state index is 11.9. The van der Waals surface area contributed by atoms with Crippen LogP contribution in [0.2, 0.25) is 0 Å². The molecule has 0 aliphatic carbocycles. The van der Waals surface area contributed by atoms with Crippen LogP contribution in [0, 0.1) is 5.92 Å². The fourth-order valence-electron chi connectivity index (χ4n) is 1.92. The molecule has 1 atom stereocenters. The van der Waals surface area contributed by atoms with Crippen molar-refractivity contribution >= 4 is 5.91 Å². The van der Waals surface area contributed by atoms with Gasteiger partial charge in [0.05, 0.1) is 25.5 Å². The van der Waals surface area contributed by atoms with Crippen LogP contribution in [0.3, 0.4) is 0 Å². The maximum Gasteiger partial charge on any atom is 0.225 e. The quantitative estimate of drug-likeness (QED) is 0.779. The zero-order valence-electron chi connectivity index (χ0n) is 12.2. The van der Waals surface area contributed by atoms with Crippen molar-refractivity contribution in [1.29, 1.82) is 0 Å². The van der Waals surface area contributed by atoms with Gasteiger partial charge in [-0.05, 0) is 5.56 Å². The second-order valence-electron chi connectivity index (χ2n) is 5.02. The first-order valence-electron chi connectivity index (χ1n) is 7.12. The summed E-state index contributed by atoms with van der Waals surface area (Å²) in [5.41, 5.74) is 2.13. The summed E-state index contributed by atoms with van der Waals surface area (Å²) in [4.78, 5) is 18.8. The lowest BCUT2D eigenvalue weighted by Gasteiger charge is -2.12. The Morgan fingerprint density at radius 2 is 2.19 bits per heavy atom. The number of nitrogens with zero attached hydrogens (tertiary/aromatic N) is 1. The van der Waals surface area contributed by atoms with Gasteiger partial charge in [-0.3, -0.25) is 4.79 Å². The van der Waals surface area contributed by atoms with Crippen molar-refractivity contribution in [1.82, 2.24) is 15.3 Å². The number of carbonyl (C=O) groups excluding carboxylic acids is 1. The van der Waals surface area contributed by atoms with Crippen molar-refractivity contribution in [2.24, 2.45) is 5.92 Å². The number of H-pyrrole nitrogens is 1. The molecule has 0 spiro atoms. The fraction of sp³-hybridized carbons (Fsp3) is 0.375. The van der Waals surface area contributed by atoms with E-state index in [9.17, 15) is 4.79 Å². The minimum Gasteiger partial charge on any atom is -0.376 e. The van der Waals surface area contributed by atoms with Gasteiger partial charge in [-0.15, -0.1) is 0 Å². The Bertz CT molecular complexity index is 526. The summed E-state index contributed by atoms with van der Waals surface area (Å²) in [5, 5.41) is 2.90. The Hall–Kier alpha value is -2.14. The molecule has 2 rings (SSSR count). The molecule has 0 aliphatic heterocycles. The van der Waals surface area contributed by atoms with Gasteiger partial charge in [-0.1, -0.05) is 37.3 Å². The summed E-state index contributed by atoms with van der Waals surface area (Å²) in [6.45, 7) is 3.43. The number of nitrogens with one attached hydrogen (secondary N) is 2. The minimum atomic E-state index is -0.157. The molecule has 1 heterocycles. The van der Waals surface area contributed by atoms with Gasteiger partial charge in [-0.2, -0.15) is 0 Å². The lowest BCUT2D eigenvalue weighted by atomic mass is 10.2. The number of rotatable bonds is 8. The van der Waals surface area contributed by atoms with Crippen molar-refractivity contribution < 1.29 is 9.53 Å². The third-order valence-corrected chi connectivity index (χ3v) is 3.18. The highest BCUT2D eigenvalue weighted by atomic mass is 16.5. The van der Waals surface area contributed by atoms with Crippen LogP contribution < -0.4 is 5.32 Å². The Morgan fingerprint density at radius 3 is 2.90 bits per heavy atom. The number of imidazole rings is 1. The van der Waals surface area contributed by atoms with Gasteiger partial charge in [0.25, 0.3) is 0 Å². The molecule has 0 unspecified atom stereocenters. The first-order chi connectivity index (χ1) is 10.3. The second kappa shape index (κ2) is 8.21. The van der Waals surface area contributed by atoms with Gasteiger partial charge in [0.1, 0.15) is 0 Å². The standard InChI is InChI=1S/C16H21N3O2/c1-13(10-21-11-14-5-3-2-4-6-14)16(20)18-8-7-15-9-17-12-19-15/h2-6,9,12-13H,7-8,10-11H2,1H3,(H,17,19)(H,18,20)/t13-/m0/s1. The highest BCUT2D eigenvalue weighted by Gasteiger charge is 2.12. The molecule has 0 fully saturated rings. The fourth-order valence-corrected chi connectivity index (χ4v) is 1.92. The number of ether oxygens (including phenoxy) is 1. The lowest BCUT2D eigenvalue weighted by molar-refractivity contribution is -0.126.